The quantitative estimate of drug-likeness (QED) is 0.905. The molecule has 2 rings (SSSR count). The van der Waals surface area contributed by atoms with Crippen molar-refractivity contribution in [2.24, 2.45) is 0 Å². The van der Waals surface area contributed by atoms with E-state index in [0.29, 0.717) is 15.5 Å². The summed E-state index contributed by atoms with van der Waals surface area (Å²) in [7, 11) is 0. The van der Waals surface area contributed by atoms with Gasteiger partial charge in [0.25, 0.3) is 0 Å². The van der Waals surface area contributed by atoms with E-state index in [9.17, 15) is 4.79 Å². The molecular formula is C10H5Cl2NO2S. The number of aromatic carboxylic acids is 1. The molecule has 1 N–H and O–H groups in total. The lowest BCUT2D eigenvalue weighted by molar-refractivity contribution is 0.0698. The Kier molecular flexibility index (Phi) is 3.14. The van der Waals surface area contributed by atoms with Gasteiger partial charge in [-0.1, -0.05) is 41.4 Å². The number of benzene rings is 1. The highest BCUT2D eigenvalue weighted by atomic mass is 35.5. The van der Waals surface area contributed by atoms with Crippen molar-refractivity contribution in [3.8, 4) is 10.4 Å². The summed E-state index contributed by atoms with van der Waals surface area (Å²) >= 11 is 12.7. The molecule has 3 nitrogen and oxygen atoms in total. The van der Waals surface area contributed by atoms with Crippen molar-refractivity contribution in [1.82, 2.24) is 4.37 Å². The first kappa shape index (κ1) is 11.4. The maximum atomic E-state index is 11.0. The second-order valence-corrected chi connectivity index (χ2v) is 4.50. The van der Waals surface area contributed by atoms with E-state index in [2.05, 4.69) is 4.37 Å². The molecule has 16 heavy (non-hydrogen) atoms. The van der Waals surface area contributed by atoms with Crippen molar-refractivity contribution in [2.75, 3.05) is 0 Å². The lowest BCUT2D eigenvalue weighted by Crippen LogP contribution is -1.97. The van der Waals surface area contributed by atoms with Gasteiger partial charge in [0.05, 0.1) is 4.88 Å². The predicted molar refractivity (Wildman–Crippen MR) is 64.5 cm³/mol. The average molecular weight is 274 g/mol. The standard InChI is InChI=1S/C10H5Cl2NO2S/c11-6-4-2-1-3-5(6)8-7(10(14)15)9(12)13-16-8/h1-4H,(H,14,15). The molecule has 0 bridgehead atoms. The molecule has 0 aliphatic carbocycles. The average Bonchev–Trinajstić information content (AvgIpc) is 2.61. The normalized spacial score (nSPS) is 10.4. The van der Waals surface area contributed by atoms with Crippen molar-refractivity contribution < 1.29 is 9.90 Å². The summed E-state index contributed by atoms with van der Waals surface area (Å²) in [6.45, 7) is 0. The zero-order valence-electron chi connectivity index (χ0n) is 7.78. The number of hydrogen-bond acceptors (Lipinski definition) is 3. The molecule has 82 valence electrons. The van der Waals surface area contributed by atoms with Crippen LogP contribution >= 0.6 is 34.7 Å². The number of halogens is 2. The van der Waals surface area contributed by atoms with Crippen molar-refractivity contribution in [3.63, 3.8) is 0 Å². The minimum atomic E-state index is -1.10. The Balaban J connectivity index is 2.66. The summed E-state index contributed by atoms with van der Waals surface area (Å²) in [5.41, 5.74) is 0.630. The van der Waals surface area contributed by atoms with Crippen molar-refractivity contribution in [1.29, 1.82) is 0 Å². The van der Waals surface area contributed by atoms with Crippen LogP contribution in [0.2, 0.25) is 10.2 Å². The van der Waals surface area contributed by atoms with Crippen LogP contribution in [0.4, 0.5) is 0 Å². The summed E-state index contributed by atoms with van der Waals surface area (Å²) < 4.78 is 3.82. The van der Waals surface area contributed by atoms with Crippen molar-refractivity contribution >= 4 is 40.7 Å². The van der Waals surface area contributed by atoms with Gasteiger partial charge in [-0.05, 0) is 17.6 Å². The first-order valence-corrected chi connectivity index (χ1v) is 5.77. The molecule has 1 aromatic heterocycles. The molecule has 1 heterocycles. The molecule has 0 saturated carbocycles. The Morgan fingerprint density at radius 3 is 2.62 bits per heavy atom. The third-order valence-corrected chi connectivity index (χ3v) is 3.57. The summed E-state index contributed by atoms with van der Waals surface area (Å²) in [5.74, 6) is -1.10. The van der Waals surface area contributed by atoms with Gasteiger partial charge in [-0.3, -0.25) is 0 Å². The lowest BCUT2D eigenvalue weighted by atomic mass is 10.1. The van der Waals surface area contributed by atoms with Crippen LogP contribution in [0, 0.1) is 0 Å². The van der Waals surface area contributed by atoms with E-state index < -0.39 is 5.97 Å². The predicted octanol–water partition coefficient (Wildman–Crippen LogP) is 3.82. The van der Waals surface area contributed by atoms with Crippen LogP contribution in [0.3, 0.4) is 0 Å². The molecule has 2 aromatic rings. The number of carbonyl (C=O) groups is 1. The van der Waals surface area contributed by atoms with Gasteiger partial charge in [0, 0.05) is 10.6 Å². The molecule has 0 aliphatic rings. The van der Waals surface area contributed by atoms with E-state index in [0.717, 1.165) is 11.5 Å². The maximum absolute atomic E-state index is 11.0. The number of nitrogens with zero attached hydrogens (tertiary/aromatic N) is 1. The number of carboxylic acid groups (broad SMARTS) is 1. The maximum Gasteiger partial charge on any atom is 0.340 e. The monoisotopic (exact) mass is 273 g/mol. The first-order valence-electron chi connectivity index (χ1n) is 4.24. The zero-order valence-corrected chi connectivity index (χ0v) is 10.1. The fourth-order valence-corrected chi connectivity index (χ4v) is 2.72. The van der Waals surface area contributed by atoms with Gasteiger partial charge >= 0.3 is 5.97 Å². The van der Waals surface area contributed by atoms with E-state index in [1.807, 2.05) is 0 Å². The molecule has 0 spiro atoms. The Bertz CT molecular complexity index is 554. The molecule has 1 aromatic carbocycles. The highest BCUT2D eigenvalue weighted by Gasteiger charge is 2.21. The SMILES string of the molecule is O=C(O)c1c(Cl)nsc1-c1ccccc1Cl. The minimum Gasteiger partial charge on any atom is -0.478 e. The Labute approximate surface area is 105 Å². The zero-order chi connectivity index (χ0) is 11.7. The number of hydrogen-bond donors (Lipinski definition) is 1. The molecule has 0 aliphatic heterocycles. The number of carboxylic acids is 1. The summed E-state index contributed by atoms with van der Waals surface area (Å²) in [6, 6.07) is 6.98. The topological polar surface area (TPSA) is 50.2 Å². The van der Waals surface area contributed by atoms with Crippen LogP contribution in [-0.2, 0) is 0 Å². The molecular weight excluding hydrogens is 269 g/mol. The van der Waals surface area contributed by atoms with Crippen LogP contribution in [0.5, 0.6) is 0 Å². The smallest absolute Gasteiger partial charge is 0.340 e. The van der Waals surface area contributed by atoms with Gasteiger partial charge in [-0.25, -0.2) is 4.79 Å². The number of aromatic nitrogens is 1. The second-order valence-electron chi connectivity index (χ2n) is 2.96. The largest absolute Gasteiger partial charge is 0.478 e. The van der Waals surface area contributed by atoms with E-state index in [1.165, 1.54) is 0 Å². The highest BCUT2D eigenvalue weighted by Crippen LogP contribution is 2.36. The fraction of sp³-hybridized carbons (Fsp3) is 0. The van der Waals surface area contributed by atoms with E-state index in [1.54, 1.807) is 24.3 Å². The van der Waals surface area contributed by atoms with E-state index >= 15 is 0 Å². The lowest BCUT2D eigenvalue weighted by Gasteiger charge is -2.01. The van der Waals surface area contributed by atoms with Crippen LogP contribution in [0.15, 0.2) is 24.3 Å². The molecule has 6 heteroatoms. The third-order valence-electron chi connectivity index (χ3n) is 1.98. The van der Waals surface area contributed by atoms with Crippen LogP contribution < -0.4 is 0 Å². The van der Waals surface area contributed by atoms with Crippen LogP contribution in [0.1, 0.15) is 10.4 Å². The summed E-state index contributed by atoms with van der Waals surface area (Å²) in [5, 5.41) is 9.50. The molecule has 0 saturated heterocycles. The van der Waals surface area contributed by atoms with Gasteiger partial charge in [0.2, 0.25) is 0 Å². The van der Waals surface area contributed by atoms with Gasteiger partial charge in [-0.15, -0.1) is 0 Å². The second kappa shape index (κ2) is 4.41. The van der Waals surface area contributed by atoms with Crippen molar-refractivity contribution in [3.05, 3.63) is 40.0 Å². The summed E-state index contributed by atoms with van der Waals surface area (Å²) in [4.78, 5) is 11.5. The highest BCUT2D eigenvalue weighted by molar-refractivity contribution is 7.10. The fourth-order valence-electron chi connectivity index (χ4n) is 1.29. The van der Waals surface area contributed by atoms with Crippen LogP contribution in [-0.4, -0.2) is 15.4 Å². The molecule has 0 radical (unpaired) electrons. The van der Waals surface area contributed by atoms with Crippen molar-refractivity contribution in [2.45, 2.75) is 0 Å². The Morgan fingerprint density at radius 1 is 1.31 bits per heavy atom. The van der Waals surface area contributed by atoms with E-state index in [-0.39, 0.29) is 10.7 Å². The van der Waals surface area contributed by atoms with E-state index in [4.69, 9.17) is 28.3 Å². The van der Waals surface area contributed by atoms with Gasteiger partial charge < -0.3 is 5.11 Å². The third kappa shape index (κ3) is 1.91. The van der Waals surface area contributed by atoms with Gasteiger partial charge in [-0.2, -0.15) is 4.37 Å². The molecule has 0 atom stereocenters. The minimum absolute atomic E-state index is 0.000216. The molecule has 0 fully saturated rings. The Hall–Kier alpha value is -1.10. The molecule has 0 amide bonds. The Morgan fingerprint density at radius 2 is 2.00 bits per heavy atom. The van der Waals surface area contributed by atoms with Gasteiger partial charge in [0.1, 0.15) is 5.56 Å². The van der Waals surface area contributed by atoms with Crippen LogP contribution in [0.25, 0.3) is 10.4 Å². The summed E-state index contributed by atoms with van der Waals surface area (Å²) in [6.07, 6.45) is 0. The number of rotatable bonds is 2. The van der Waals surface area contributed by atoms with Gasteiger partial charge in [0.15, 0.2) is 5.15 Å². The first-order chi connectivity index (χ1) is 7.61. The molecule has 0 unspecified atom stereocenters.